The molecule has 8 heteroatoms. The third-order valence-corrected chi connectivity index (χ3v) is 7.17. The van der Waals surface area contributed by atoms with E-state index in [-0.39, 0.29) is 11.7 Å². The van der Waals surface area contributed by atoms with Gasteiger partial charge in [0.15, 0.2) is 11.6 Å². The van der Waals surface area contributed by atoms with Crippen molar-refractivity contribution in [2.45, 2.75) is 19.3 Å². The van der Waals surface area contributed by atoms with Gasteiger partial charge in [-0.3, -0.25) is 4.79 Å². The van der Waals surface area contributed by atoms with E-state index in [9.17, 15) is 4.79 Å². The number of carbonyl (C=O) groups excluding carboxylic acids is 1. The first-order valence-corrected chi connectivity index (χ1v) is 13.0. The second-order valence-electron chi connectivity index (χ2n) is 9.46. The number of benzene rings is 2. The number of carbonyl (C=O) groups is 1. The van der Waals surface area contributed by atoms with Gasteiger partial charge in [-0.05, 0) is 72.9 Å². The number of amides is 1. The SMILES string of the molecule is O=C(Nc1ccc(Cl)c(C2=Nc3ncc(-c4ccc(OCC5CCOCC5)cc4)cc3C2)c1)c1ccco1. The van der Waals surface area contributed by atoms with Crippen LogP contribution in [0.5, 0.6) is 5.75 Å². The number of hydrogen-bond donors (Lipinski definition) is 1. The van der Waals surface area contributed by atoms with Crippen LogP contribution >= 0.6 is 11.6 Å². The summed E-state index contributed by atoms with van der Waals surface area (Å²) >= 11 is 6.52. The van der Waals surface area contributed by atoms with Gasteiger partial charge < -0.3 is 19.2 Å². The normalized spacial score (nSPS) is 15.1. The number of pyridine rings is 1. The molecule has 2 aromatic heterocycles. The number of aliphatic imine (C=N–C) groups is 1. The Kier molecular flexibility index (Phi) is 6.94. The fourth-order valence-electron chi connectivity index (χ4n) is 4.69. The van der Waals surface area contributed by atoms with Crippen molar-refractivity contribution in [3.05, 3.63) is 95.0 Å². The maximum atomic E-state index is 12.4. The van der Waals surface area contributed by atoms with Crippen molar-refractivity contribution in [1.29, 1.82) is 0 Å². The van der Waals surface area contributed by atoms with E-state index in [0.717, 1.165) is 66.4 Å². The van der Waals surface area contributed by atoms with Gasteiger partial charge in [0.1, 0.15) is 5.75 Å². The summed E-state index contributed by atoms with van der Waals surface area (Å²) in [5.41, 5.74) is 5.28. The molecular weight excluding hydrogens is 502 g/mol. The highest BCUT2D eigenvalue weighted by atomic mass is 35.5. The molecule has 4 heterocycles. The van der Waals surface area contributed by atoms with Gasteiger partial charge in [-0.15, -0.1) is 0 Å². The van der Waals surface area contributed by atoms with E-state index in [1.54, 1.807) is 24.3 Å². The van der Waals surface area contributed by atoms with E-state index >= 15 is 0 Å². The molecule has 4 aromatic rings. The Bertz CT molecular complexity index is 1480. The minimum Gasteiger partial charge on any atom is -0.493 e. The van der Waals surface area contributed by atoms with Gasteiger partial charge in [0.2, 0.25) is 0 Å². The summed E-state index contributed by atoms with van der Waals surface area (Å²) in [6.07, 6.45) is 6.00. The van der Waals surface area contributed by atoms with Crippen LogP contribution in [0.15, 0.2) is 82.5 Å². The molecule has 7 nitrogen and oxygen atoms in total. The number of fused-ring (bicyclic) bond motifs is 1. The van der Waals surface area contributed by atoms with E-state index in [0.29, 0.717) is 28.9 Å². The van der Waals surface area contributed by atoms with Crippen LogP contribution in [0.3, 0.4) is 0 Å². The molecule has 0 unspecified atom stereocenters. The van der Waals surface area contributed by atoms with Crippen LogP contribution in [0.25, 0.3) is 11.1 Å². The summed E-state index contributed by atoms with van der Waals surface area (Å²) in [5.74, 6) is 2.02. The van der Waals surface area contributed by atoms with Crippen molar-refractivity contribution >= 4 is 34.7 Å². The van der Waals surface area contributed by atoms with Crippen LogP contribution in [0, 0.1) is 5.92 Å². The third kappa shape index (κ3) is 5.35. The summed E-state index contributed by atoms with van der Waals surface area (Å²) in [4.78, 5) is 21.7. The Morgan fingerprint density at radius 3 is 2.68 bits per heavy atom. The first-order valence-electron chi connectivity index (χ1n) is 12.6. The zero-order valence-electron chi connectivity index (χ0n) is 20.7. The van der Waals surface area contributed by atoms with E-state index < -0.39 is 0 Å². The first kappa shape index (κ1) is 24.4. The quantitative estimate of drug-likeness (QED) is 0.288. The lowest BCUT2D eigenvalue weighted by atomic mass is 10.0. The molecule has 1 N–H and O–H groups in total. The van der Waals surface area contributed by atoms with Crippen molar-refractivity contribution in [2.24, 2.45) is 10.9 Å². The van der Waals surface area contributed by atoms with Crippen LogP contribution in [-0.4, -0.2) is 36.4 Å². The Labute approximate surface area is 225 Å². The van der Waals surface area contributed by atoms with Gasteiger partial charge in [-0.2, -0.15) is 0 Å². The predicted molar refractivity (Wildman–Crippen MR) is 147 cm³/mol. The molecule has 0 radical (unpaired) electrons. The van der Waals surface area contributed by atoms with Crippen LogP contribution in [0.2, 0.25) is 5.02 Å². The fraction of sp³-hybridized carbons (Fsp3) is 0.233. The number of nitrogens with one attached hydrogen (secondary N) is 1. The first-order chi connectivity index (χ1) is 18.6. The smallest absolute Gasteiger partial charge is 0.291 e. The molecule has 2 aromatic carbocycles. The van der Waals surface area contributed by atoms with Gasteiger partial charge in [0.05, 0.1) is 18.6 Å². The van der Waals surface area contributed by atoms with Gasteiger partial charge in [-0.25, -0.2) is 9.98 Å². The number of furan rings is 1. The molecule has 0 atom stereocenters. The lowest BCUT2D eigenvalue weighted by Crippen LogP contribution is -2.21. The van der Waals surface area contributed by atoms with Gasteiger partial charge >= 0.3 is 0 Å². The van der Waals surface area contributed by atoms with Crippen LogP contribution in [-0.2, 0) is 11.2 Å². The predicted octanol–water partition coefficient (Wildman–Crippen LogP) is 6.73. The Balaban J connectivity index is 1.13. The molecule has 0 saturated carbocycles. The molecule has 0 bridgehead atoms. The minimum absolute atomic E-state index is 0.239. The van der Waals surface area contributed by atoms with Crippen molar-refractivity contribution in [1.82, 2.24) is 4.98 Å². The highest BCUT2D eigenvalue weighted by Gasteiger charge is 2.21. The average molecular weight is 528 g/mol. The standard InChI is InChI=1S/C30H26ClN3O4/c31-26-8-5-23(33-30(35)28-2-1-11-37-28)16-25(26)27-15-21-14-22(17-32-29(21)34-27)20-3-6-24(7-4-20)38-18-19-9-12-36-13-10-19/h1-8,11,14,16-17,19H,9-10,12-13,15,18H2,(H,33,35). The molecule has 1 saturated heterocycles. The number of hydrogen-bond acceptors (Lipinski definition) is 6. The van der Waals surface area contributed by atoms with Crippen LogP contribution in [0.4, 0.5) is 11.5 Å². The monoisotopic (exact) mass is 527 g/mol. The number of ether oxygens (including phenoxy) is 2. The van der Waals surface area contributed by atoms with Crippen molar-refractivity contribution in [3.63, 3.8) is 0 Å². The summed E-state index contributed by atoms with van der Waals surface area (Å²) in [6.45, 7) is 2.37. The average Bonchev–Trinajstić information content (AvgIpc) is 3.64. The molecule has 1 amide bonds. The molecule has 0 spiro atoms. The second kappa shape index (κ2) is 10.8. The van der Waals surface area contributed by atoms with Crippen molar-refractivity contribution in [3.8, 4) is 16.9 Å². The molecule has 38 heavy (non-hydrogen) atoms. The number of anilines is 1. The van der Waals surface area contributed by atoms with Gasteiger partial charge in [0.25, 0.3) is 5.91 Å². The number of rotatable bonds is 7. The molecule has 1 fully saturated rings. The Hall–Kier alpha value is -3.94. The summed E-state index contributed by atoms with van der Waals surface area (Å²) < 4.78 is 16.6. The lowest BCUT2D eigenvalue weighted by molar-refractivity contribution is 0.0497. The molecule has 192 valence electrons. The topological polar surface area (TPSA) is 86.0 Å². The summed E-state index contributed by atoms with van der Waals surface area (Å²) in [7, 11) is 0. The van der Waals surface area contributed by atoms with E-state index in [1.807, 2.05) is 24.4 Å². The Morgan fingerprint density at radius 1 is 1.05 bits per heavy atom. The van der Waals surface area contributed by atoms with Gasteiger partial charge in [-0.1, -0.05) is 23.7 Å². The molecule has 2 aliphatic rings. The lowest BCUT2D eigenvalue weighted by Gasteiger charge is -2.22. The van der Waals surface area contributed by atoms with Crippen molar-refractivity contribution < 1.29 is 18.7 Å². The van der Waals surface area contributed by atoms with Gasteiger partial charge in [0, 0.05) is 53.2 Å². The Morgan fingerprint density at radius 2 is 1.89 bits per heavy atom. The zero-order valence-corrected chi connectivity index (χ0v) is 21.4. The van der Waals surface area contributed by atoms with E-state index in [4.69, 9.17) is 30.5 Å². The zero-order chi connectivity index (χ0) is 25.9. The molecule has 0 aliphatic carbocycles. The second-order valence-corrected chi connectivity index (χ2v) is 9.87. The van der Waals surface area contributed by atoms with Crippen LogP contribution in [0.1, 0.15) is 34.5 Å². The molecule has 2 aliphatic heterocycles. The maximum Gasteiger partial charge on any atom is 0.291 e. The maximum absolute atomic E-state index is 12.4. The highest BCUT2D eigenvalue weighted by Crippen LogP contribution is 2.34. The van der Waals surface area contributed by atoms with E-state index in [1.165, 1.54) is 6.26 Å². The van der Waals surface area contributed by atoms with E-state index in [2.05, 4.69) is 28.5 Å². The summed E-state index contributed by atoms with van der Waals surface area (Å²) in [6, 6.07) is 18.9. The molecular formula is C30H26ClN3O4. The van der Waals surface area contributed by atoms with Crippen molar-refractivity contribution in [2.75, 3.05) is 25.1 Å². The number of nitrogens with zero attached hydrogens (tertiary/aromatic N) is 2. The third-order valence-electron chi connectivity index (χ3n) is 6.84. The highest BCUT2D eigenvalue weighted by molar-refractivity contribution is 6.34. The summed E-state index contributed by atoms with van der Waals surface area (Å²) in [5, 5.41) is 3.40. The largest absolute Gasteiger partial charge is 0.493 e. The number of aromatic nitrogens is 1. The minimum atomic E-state index is -0.328. The number of halogens is 1. The fourth-order valence-corrected chi connectivity index (χ4v) is 4.92. The van der Waals surface area contributed by atoms with Crippen LogP contribution < -0.4 is 10.1 Å². The molecule has 6 rings (SSSR count).